The Morgan fingerprint density at radius 1 is 1.58 bits per heavy atom. The number of aromatic nitrogens is 2. The summed E-state index contributed by atoms with van der Waals surface area (Å²) in [6.45, 7) is 2.67. The Bertz CT molecular complexity index is 512. The standard InChI is InChI=1S/C13H16N4O2/c1-2-9-3-6-17(11(7-9)13(18)19)12-10(8-14)15-4-5-16-12/h4-5,9,11H,2-3,6-7H2,1H3,(H,18,19). The minimum absolute atomic E-state index is 0.184. The predicted molar refractivity (Wildman–Crippen MR) is 68.5 cm³/mol. The number of hydrogen-bond acceptors (Lipinski definition) is 5. The number of anilines is 1. The van der Waals surface area contributed by atoms with Crippen molar-refractivity contribution < 1.29 is 9.90 Å². The third-order valence-corrected chi connectivity index (χ3v) is 3.63. The lowest BCUT2D eigenvalue weighted by Gasteiger charge is -2.37. The molecule has 1 fully saturated rings. The van der Waals surface area contributed by atoms with Crippen molar-refractivity contribution in [2.24, 2.45) is 5.92 Å². The molecule has 2 rings (SSSR count). The Morgan fingerprint density at radius 2 is 2.32 bits per heavy atom. The summed E-state index contributed by atoms with van der Waals surface area (Å²) in [6, 6.07) is 1.35. The summed E-state index contributed by atoms with van der Waals surface area (Å²) in [4.78, 5) is 21.2. The molecule has 1 N–H and O–H groups in total. The van der Waals surface area contributed by atoms with E-state index < -0.39 is 12.0 Å². The van der Waals surface area contributed by atoms with E-state index in [-0.39, 0.29) is 5.69 Å². The molecule has 0 radical (unpaired) electrons. The van der Waals surface area contributed by atoms with Crippen molar-refractivity contribution in [1.29, 1.82) is 5.26 Å². The molecule has 0 spiro atoms. The van der Waals surface area contributed by atoms with Gasteiger partial charge >= 0.3 is 5.97 Å². The number of carboxylic acids is 1. The number of rotatable bonds is 3. The monoisotopic (exact) mass is 260 g/mol. The molecule has 6 nitrogen and oxygen atoms in total. The molecule has 0 bridgehead atoms. The zero-order valence-corrected chi connectivity index (χ0v) is 10.8. The molecule has 0 amide bonds. The molecule has 2 unspecified atom stereocenters. The normalized spacial score (nSPS) is 22.8. The van der Waals surface area contributed by atoms with Gasteiger partial charge in [-0.2, -0.15) is 5.26 Å². The van der Waals surface area contributed by atoms with Gasteiger partial charge in [-0.25, -0.2) is 14.8 Å². The lowest BCUT2D eigenvalue weighted by molar-refractivity contribution is -0.139. The fraction of sp³-hybridized carbons (Fsp3) is 0.538. The Labute approximate surface area is 111 Å². The van der Waals surface area contributed by atoms with Crippen molar-refractivity contribution in [1.82, 2.24) is 9.97 Å². The van der Waals surface area contributed by atoms with Gasteiger partial charge in [0.2, 0.25) is 0 Å². The molecular formula is C13H16N4O2. The van der Waals surface area contributed by atoms with Crippen molar-refractivity contribution in [3.8, 4) is 6.07 Å². The van der Waals surface area contributed by atoms with Crippen LogP contribution >= 0.6 is 0 Å². The van der Waals surface area contributed by atoms with Gasteiger partial charge in [0.25, 0.3) is 0 Å². The quantitative estimate of drug-likeness (QED) is 0.884. The molecule has 1 aromatic rings. The summed E-state index contributed by atoms with van der Waals surface area (Å²) in [6.07, 6.45) is 5.41. The molecule has 0 aromatic carbocycles. The minimum atomic E-state index is -0.868. The molecule has 2 heterocycles. The van der Waals surface area contributed by atoms with Gasteiger partial charge in [-0.15, -0.1) is 0 Å². The number of carbonyl (C=O) groups is 1. The van der Waals surface area contributed by atoms with Crippen molar-refractivity contribution >= 4 is 11.8 Å². The molecule has 19 heavy (non-hydrogen) atoms. The van der Waals surface area contributed by atoms with E-state index in [1.54, 1.807) is 4.90 Å². The second-order valence-electron chi connectivity index (χ2n) is 4.69. The van der Waals surface area contributed by atoms with E-state index in [0.29, 0.717) is 24.7 Å². The van der Waals surface area contributed by atoms with E-state index in [0.717, 1.165) is 12.8 Å². The van der Waals surface area contributed by atoms with Crippen LogP contribution in [-0.4, -0.2) is 33.6 Å². The second-order valence-corrected chi connectivity index (χ2v) is 4.69. The second kappa shape index (κ2) is 5.65. The van der Waals surface area contributed by atoms with Crippen LogP contribution in [-0.2, 0) is 4.79 Å². The molecule has 100 valence electrons. The van der Waals surface area contributed by atoms with Crippen LogP contribution in [0.2, 0.25) is 0 Å². The Hall–Kier alpha value is -2.16. The van der Waals surface area contributed by atoms with Gasteiger partial charge in [0.05, 0.1) is 0 Å². The maximum atomic E-state index is 11.4. The summed E-state index contributed by atoms with van der Waals surface area (Å²) >= 11 is 0. The molecule has 1 aliphatic rings. The van der Waals surface area contributed by atoms with E-state index in [1.807, 2.05) is 6.07 Å². The SMILES string of the molecule is CCC1CCN(c2nccnc2C#N)C(C(=O)O)C1. The predicted octanol–water partition coefficient (Wildman–Crippen LogP) is 1.43. The van der Waals surface area contributed by atoms with Crippen LogP contribution in [0.5, 0.6) is 0 Å². The molecule has 0 aliphatic carbocycles. The van der Waals surface area contributed by atoms with Crippen LogP contribution in [0.1, 0.15) is 31.9 Å². The Morgan fingerprint density at radius 3 is 2.95 bits per heavy atom. The third-order valence-electron chi connectivity index (χ3n) is 3.63. The maximum Gasteiger partial charge on any atom is 0.326 e. The van der Waals surface area contributed by atoms with Gasteiger partial charge < -0.3 is 10.0 Å². The first-order valence-corrected chi connectivity index (χ1v) is 6.38. The number of carboxylic acid groups (broad SMARTS) is 1. The highest BCUT2D eigenvalue weighted by Crippen LogP contribution is 2.29. The zero-order chi connectivity index (χ0) is 13.8. The van der Waals surface area contributed by atoms with E-state index in [2.05, 4.69) is 16.9 Å². The summed E-state index contributed by atoms with van der Waals surface area (Å²) in [5.41, 5.74) is 0.184. The Balaban J connectivity index is 2.32. The first kappa shape index (κ1) is 13.3. The van der Waals surface area contributed by atoms with E-state index in [1.165, 1.54) is 12.4 Å². The summed E-state index contributed by atoms with van der Waals surface area (Å²) in [5.74, 6) is -0.0702. The third kappa shape index (κ3) is 2.65. The summed E-state index contributed by atoms with van der Waals surface area (Å²) < 4.78 is 0. The number of nitriles is 1. The van der Waals surface area contributed by atoms with Gasteiger partial charge in [-0.1, -0.05) is 13.3 Å². The summed E-state index contributed by atoms with van der Waals surface area (Å²) in [5, 5.41) is 18.4. The molecular weight excluding hydrogens is 244 g/mol. The van der Waals surface area contributed by atoms with Gasteiger partial charge in [-0.3, -0.25) is 0 Å². The van der Waals surface area contributed by atoms with Crippen LogP contribution in [0.15, 0.2) is 12.4 Å². The molecule has 2 atom stereocenters. The lowest BCUT2D eigenvalue weighted by Crippen LogP contribution is -2.48. The van der Waals surface area contributed by atoms with Gasteiger partial charge in [0, 0.05) is 18.9 Å². The molecule has 1 saturated heterocycles. The van der Waals surface area contributed by atoms with Gasteiger partial charge in [0.15, 0.2) is 11.5 Å². The fourth-order valence-corrected chi connectivity index (χ4v) is 2.52. The first-order chi connectivity index (χ1) is 9.17. The van der Waals surface area contributed by atoms with Gasteiger partial charge in [-0.05, 0) is 18.8 Å². The van der Waals surface area contributed by atoms with E-state index >= 15 is 0 Å². The van der Waals surface area contributed by atoms with Crippen molar-refractivity contribution in [2.75, 3.05) is 11.4 Å². The highest BCUT2D eigenvalue weighted by molar-refractivity contribution is 5.78. The topological polar surface area (TPSA) is 90.1 Å². The van der Waals surface area contributed by atoms with Crippen LogP contribution in [0.4, 0.5) is 5.82 Å². The maximum absolute atomic E-state index is 11.4. The molecule has 1 aromatic heterocycles. The van der Waals surface area contributed by atoms with Gasteiger partial charge in [0.1, 0.15) is 12.1 Å². The van der Waals surface area contributed by atoms with Crippen LogP contribution in [0.3, 0.4) is 0 Å². The van der Waals surface area contributed by atoms with Crippen LogP contribution in [0.25, 0.3) is 0 Å². The molecule has 1 aliphatic heterocycles. The van der Waals surface area contributed by atoms with Crippen molar-refractivity contribution in [3.63, 3.8) is 0 Å². The zero-order valence-electron chi connectivity index (χ0n) is 10.8. The smallest absolute Gasteiger partial charge is 0.326 e. The van der Waals surface area contributed by atoms with Crippen LogP contribution < -0.4 is 4.90 Å². The van der Waals surface area contributed by atoms with Crippen LogP contribution in [0, 0.1) is 17.2 Å². The van der Waals surface area contributed by atoms with E-state index in [9.17, 15) is 9.90 Å². The lowest BCUT2D eigenvalue weighted by atomic mass is 9.89. The van der Waals surface area contributed by atoms with Crippen molar-refractivity contribution in [2.45, 2.75) is 32.2 Å². The average Bonchev–Trinajstić information content (AvgIpc) is 2.46. The highest BCUT2D eigenvalue weighted by Gasteiger charge is 2.34. The first-order valence-electron chi connectivity index (χ1n) is 6.38. The number of nitrogens with zero attached hydrogens (tertiary/aromatic N) is 4. The summed E-state index contributed by atoms with van der Waals surface area (Å²) in [7, 11) is 0. The van der Waals surface area contributed by atoms with Crippen molar-refractivity contribution in [3.05, 3.63) is 18.1 Å². The number of piperidine rings is 1. The highest BCUT2D eigenvalue weighted by atomic mass is 16.4. The van der Waals surface area contributed by atoms with E-state index in [4.69, 9.17) is 5.26 Å². The fourth-order valence-electron chi connectivity index (χ4n) is 2.52. The average molecular weight is 260 g/mol. The molecule has 6 heteroatoms. The number of hydrogen-bond donors (Lipinski definition) is 1. The Kier molecular flexibility index (Phi) is 3.95. The minimum Gasteiger partial charge on any atom is -0.480 e. The number of aliphatic carboxylic acids is 1. The molecule has 0 saturated carbocycles. The largest absolute Gasteiger partial charge is 0.480 e.